The summed E-state index contributed by atoms with van der Waals surface area (Å²) in [6, 6.07) is 4.36. The van der Waals surface area contributed by atoms with Gasteiger partial charge in [-0.2, -0.15) is 13.2 Å². The first-order valence-electron chi connectivity index (χ1n) is 9.44. The lowest BCUT2D eigenvalue weighted by atomic mass is 10.1. The number of alkyl halides is 3. The minimum Gasteiger partial charge on any atom is -0.475 e. The number of nitrogens with zero attached hydrogens (tertiary/aromatic N) is 3. The van der Waals surface area contributed by atoms with Gasteiger partial charge in [-0.05, 0) is 30.2 Å². The molecule has 1 aliphatic carbocycles. The minimum absolute atomic E-state index is 0.550. The third kappa shape index (κ3) is 7.13. The first-order valence-corrected chi connectivity index (χ1v) is 10.3. The summed E-state index contributed by atoms with van der Waals surface area (Å²) in [5.41, 5.74) is 0. The van der Waals surface area contributed by atoms with Gasteiger partial charge in [0.05, 0.1) is 13.2 Å². The van der Waals surface area contributed by atoms with E-state index in [0.29, 0.717) is 5.92 Å². The number of aliphatic carboxylic acids is 1. The lowest BCUT2D eigenvalue weighted by molar-refractivity contribution is -0.192. The van der Waals surface area contributed by atoms with Crippen LogP contribution in [-0.4, -0.2) is 51.5 Å². The molecule has 1 fully saturated rings. The van der Waals surface area contributed by atoms with Gasteiger partial charge in [-0.15, -0.1) is 11.3 Å². The van der Waals surface area contributed by atoms with E-state index in [9.17, 15) is 13.2 Å². The summed E-state index contributed by atoms with van der Waals surface area (Å²) in [6.45, 7) is 5.90. The molecule has 1 unspecified atom stereocenters. The highest BCUT2D eigenvalue weighted by molar-refractivity contribution is 7.09. The molecule has 3 heterocycles. The minimum atomic E-state index is -5.08. The number of thiophene rings is 1. The number of hydrogen-bond donors (Lipinski definition) is 1. The summed E-state index contributed by atoms with van der Waals surface area (Å²) in [4.78, 5) is 17.4. The van der Waals surface area contributed by atoms with Crippen molar-refractivity contribution in [2.45, 2.75) is 38.7 Å². The molecule has 0 saturated heterocycles. The predicted molar refractivity (Wildman–Crippen MR) is 101 cm³/mol. The maximum absolute atomic E-state index is 10.6. The van der Waals surface area contributed by atoms with Gasteiger partial charge in [-0.25, -0.2) is 9.78 Å². The molecule has 0 bridgehead atoms. The Morgan fingerprint density at radius 3 is 2.62 bits per heavy atom. The van der Waals surface area contributed by atoms with E-state index in [1.807, 2.05) is 17.5 Å². The number of ether oxygens (including phenoxy) is 1. The van der Waals surface area contributed by atoms with Crippen LogP contribution in [0.5, 0.6) is 0 Å². The number of aromatic nitrogens is 2. The van der Waals surface area contributed by atoms with E-state index < -0.39 is 12.1 Å². The number of imidazole rings is 1. The average molecular weight is 431 g/mol. The molecule has 4 rings (SSSR count). The highest BCUT2D eigenvalue weighted by atomic mass is 32.1. The molecule has 0 aromatic carbocycles. The Morgan fingerprint density at radius 1 is 1.28 bits per heavy atom. The zero-order chi connectivity index (χ0) is 20.9. The SMILES string of the molecule is O=C(O)C(F)(F)F.c1csc(CN2Cc3nccn3CC(COCC3CC3)C2)c1. The van der Waals surface area contributed by atoms with E-state index in [1.165, 1.54) is 23.5 Å². The standard InChI is InChI=1S/C17H23N3OS.C2HF3O2/c1-2-16(22-7-1)10-19-8-15(13-21-12-14-3-4-14)9-20-6-5-18-17(20)11-19;3-2(4,5)1(6)7/h1-2,5-7,14-15H,3-4,8-13H2;(H,6,7). The zero-order valence-electron chi connectivity index (χ0n) is 15.8. The molecule has 0 spiro atoms. The molecule has 1 atom stereocenters. The maximum Gasteiger partial charge on any atom is 0.490 e. The predicted octanol–water partition coefficient (Wildman–Crippen LogP) is 3.64. The number of carboxylic acids is 1. The number of carboxylic acid groups (broad SMARTS) is 1. The number of rotatable bonds is 6. The third-order valence-corrected chi connectivity index (χ3v) is 5.61. The quantitative estimate of drug-likeness (QED) is 0.757. The highest BCUT2D eigenvalue weighted by Gasteiger charge is 2.38. The second kappa shape index (κ2) is 9.73. The summed E-state index contributed by atoms with van der Waals surface area (Å²) in [5, 5.41) is 9.28. The second-order valence-corrected chi connectivity index (χ2v) is 8.43. The van der Waals surface area contributed by atoms with Crippen molar-refractivity contribution in [2.75, 3.05) is 19.8 Å². The molecule has 160 valence electrons. The number of hydrogen-bond acceptors (Lipinski definition) is 5. The van der Waals surface area contributed by atoms with Crippen molar-refractivity contribution in [1.29, 1.82) is 0 Å². The monoisotopic (exact) mass is 431 g/mol. The van der Waals surface area contributed by atoms with Crippen LogP contribution >= 0.6 is 11.3 Å². The molecule has 1 saturated carbocycles. The Hall–Kier alpha value is -1.91. The second-order valence-electron chi connectivity index (χ2n) is 7.39. The number of fused-ring (bicyclic) bond motifs is 1. The van der Waals surface area contributed by atoms with Crippen molar-refractivity contribution in [3.63, 3.8) is 0 Å². The van der Waals surface area contributed by atoms with Crippen molar-refractivity contribution in [2.24, 2.45) is 11.8 Å². The third-order valence-electron chi connectivity index (χ3n) is 4.74. The average Bonchev–Trinajstić information content (AvgIpc) is 3.19. The fourth-order valence-corrected chi connectivity index (χ4v) is 3.90. The topological polar surface area (TPSA) is 67.6 Å². The molecule has 1 aliphatic heterocycles. The van der Waals surface area contributed by atoms with E-state index >= 15 is 0 Å². The molecule has 0 amide bonds. The number of halogens is 3. The van der Waals surface area contributed by atoms with Crippen LogP contribution in [0.4, 0.5) is 13.2 Å². The van der Waals surface area contributed by atoms with Crippen molar-refractivity contribution >= 4 is 17.3 Å². The van der Waals surface area contributed by atoms with Crippen LogP contribution in [0.25, 0.3) is 0 Å². The van der Waals surface area contributed by atoms with E-state index in [0.717, 1.165) is 45.3 Å². The van der Waals surface area contributed by atoms with Gasteiger partial charge < -0.3 is 14.4 Å². The van der Waals surface area contributed by atoms with Crippen LogP contribution in [-0.2, 0) is 29.2 Å². The van der Waals surface area contributed by atoms with Gasteiger partial charge in [0.25, 0.3) is 0 Å². The molecular formula is C19H24F3N3O3S. The van der Waals surface area contributed by atoms with Crippen LogP contribution < -0.4 is 0 Å². The van der Waals surface area contributed by atoms with Gasteiger partial charge in [0.15, 0.2) is 0 Å². The van der Waals surface area contributed by atoms with Gasteiger partial charge >= 0.3 is 12.1 Å². The maximum atomic E-state index is 10.6. The summed E-state index contributed by atoms with van der Waals surface area (Å²) in [5.74, 6) is -0.181. The molecule has 6 nitrogen and oxygen atoms in total. The molecule has 10 heteroatoms. The molecule has 1 N–H and O–H groups in total. The zero-order valence-corrected chi connectivity index (χ0v) is 16.7. The summed E-state index contributed by atoms with van der Waals surface area (Å²) >= 11 is 1.84. The Morgan fingerprint density at radius 2 is 2.00 bits per heavy atom. The van der Waals surface area contributed by atoms with Gasteiger partial charge in [0.1, 0.15) is 5.82 Å². The first-order chi connectivity index (χ1) is 13.8. The van der Waals surface area contributed by atoms with Crippen LogP contribution in [0.2, 0.25) is 0 Å². The fraction of sp³-hybridized carbons (Fsp3) is 0.579. The van der Waals surface area contributed by atoms with Crippen molar-refractivity contribution in [3.05, 3.63) is 40.6 Å². The van der Waals surface area contributed by atoms with Crippen LogP contribution in [0, 0.1) is 11.8 Å². The highest BCUT2D eigenvalue weighted by Crippen LogP contribution is 2.29. The summed E-state index contributed by atoms with van der Waals surface area (Å²) < 4.78 is 40.0. The molecule has 0 radical (unpaired) electrons. The molecule has 2 aliphatic rings. The Balaban J connectivity index is 0.000000298. The van der Waals surface area contributed by atoms with Crippen molar-refractivity contribution in [1.82, 2.24) is 14.5 Å². The number of carbonyl (C=O) groups is 1. The smallest absolute Gasteiger partial charge is 0.475 e. The van der Waals surface area contributed by atoms with Crippen molar-refractivity contribution in [3.8, 4) is 0 Å². The normalized spacial score (nSPS) is 19.8. The van der Waals surface area contributed by atoms with E-state index in [4.69, 9.17) is 14.6 Å². The van der Waals surface area contributed by atoms with Crippen LogP contribution in [0.3, 0.4) is 0 Å². The molecule has 29 heavy (non-hydrogen) atoms. The summed E-state index contributed by atoms with van der Waals surface area (Å²) in [6.07, 6.45) is 1.67. The Kier molecular flexibility index (Phi) is 7.31. The Bertz CT molecular complexity index is 775. The summed E-state index contributed by atoms with van der Waals surface area (Å²) in [7, 11) is 0. The molecule has 2 aromatic heterocycles. The van der Waals surface area contributed by atoms with E-state index in [2.05, 4.69) is 38.2 Å². The van der Waals surface area contributed by atoms with Crippen molar-refractivity contribution < 1.29 is 27.8 Å². The van der Waals surface area contributed by atoms with E-state index in [-0.39, 0.29) is 0 Å². The molecular weight excluding hydrogens is 407 g/mol. The molecule has 2 aromatic rings. The van der Waals surface area contributed by atoms with Gasteiger partial charge in [-0.1, -0.05) is 6.07 Å². The van der Waals surface area contributed by atoms with Gasteiger partial charge in [0, 0.05) is 49.4 Å². The van der Waals surface area contributed by atoms with Crippen LogP contribution in [0.15, 0.2) is 29.9 Å². The van der Waals surface area contributed by atoms with Crippen LogP contribution in [0.1, 0.15) is 23.5 Å². The Labute approximate surface area is 170 Å². The van der Waals surface area contributed by atoms with Gasteiger partial charge in [-0.3, -0.25) is 4.90 Å². The first kappa shape index (κ1) is 21.8. The van der Waals surface area contributed by atoms with Gasteiger partial charge in [0.2, 0.25) is 0 Å². The largest absolute Gasteiger partial charge is 0.490 e. The lowest BCUT2D eigenvalue weighted by Crippen LogP contribution is -2.30. The lowest BCUT2D eigenvalue weighted by Gasteiger charge is -2.23. The van der Waals surface area contributed by atoms with E-state index in [1.54, 1.807) is 0 Å². The fourth-order valence-electron chi connectivity index (χ4n) is 3.16.